The van der Waals surface area contributed by atoms with Crippen molar-refractivity contribution >= 4 is 17.9 Å². The van der Waals surface area contributed by atoms with Crippen LogP contribution >= 0.6 is 0 Å². The van der Waals surface area contributed by atoms with Crippen LogP contribution in [0.15, 0.2) is 78.9 Å². The number of nitrogens with one attached hydrogen (secondary N) is 2. The van der Waals surface area contributed by atoms with Crippen LogP contribution in [0.5, 0.6) is 0 Å². The molecule has 214 valence electrons. The van der Waals surface area contributed by atoms with E-state index in [0.717, 1.165) is 22.3 Å². The van der Waals surface area contributed by atoms with Gasteiger partial charge in [-0.15, -0.1) is 0 Å². The van der Waals surface area contributed by atoms with Crippen molar-refractivity contribution in [2.75, 3.05) is 6.54 Å². The molecular formula is C33H38N4O4. The Balaban J connectivity index is 2.04. The first-order valence-corrected chi connectivity index (χ1v) is 13.6. The zero-order chi connectivity index (χ0) is 30.0. The second kappa shape index (κ2) is 14.1. The number of benzene rings is 3. The Morgan fingerprint density at radius 3 is 1.98 bits per heavy atom. The molecule has 0 saturated heterocycles. The van der Waals surface area contributed by atoms with E-state index in [0.29, 0.717) is 5.56 Å². The molecule has 0 aromatic heterocycles. The minimum Gasteiger partial charge on any atom is -0.444 e. The molecule has 3 rings (SSSR count). The Bertz CT molecular complexity index is 1360. The predicted molar refractivity (Wildman–Crippen MR) is 158 cm³/mol. The van der Waals surface area contributed by atoms with Crippen LogP contribution in [-0.4, -0.2) is 41.0 Å². The Kier molecular flexibility index (Phi) is 10.6. The zero-order valence-corrected chi connectivity index (χ0v) is 24.3. The molecular weight excluding hydrogens is 516 g/mol. The van der Waals surface area contributed by atoms with Crippen LogP contribution in [0.25, 0.3) is 0 Å². The molecule has 0 radical (unpaired) electrons. The number of hydrogen-bond donors (Lipinski definition) is 2. The van der Waals surface area contributed by atoms with Crippen molar-refractivity contribution in [1.82, 2.24) is 15.5 Å². The maximum absolute atomic E-state index is 14.3. The van der Waals surface area contributed by atoms with E-state index >= 15 is 0 Å². The zero-order valence-electron chi connectivity index (χ0n) is 24.3. The molecule has 2 unspecified atom stereocenters. The molecule has 8 nitrogen and oxygen atoms in total. The number of carbonyl (C=O) groups is 3. The van der Waals surface area contributed by atoms with Gasteiger partial charge in [0.1, 0.15) is 24.2 Å². The van der Waals surface area contributed by atoms with E-state index in [1.807, 2.05) is 92.7 Å². The van der Waals surface area contributed by atoms with Crippen molar-refractivity contribution in [2.24, 2.45) is 0 Å². The van der Waals surface area contributed by atoms with Gasteiger partial charge in [0.2, 0.25) is 11.8 Å². The molecule has 41 heavy (non-hydrogen) atoms. The average molecular weight is 555 g/mol. The van der Waals surface area contributed by atoms with Crippen LogP contribution in [0, 0.1) is 25.2 Å². The number of nitriles is 1. The molecule has 3 aromatic carbocycles. The van der Waals surface area contributed by atoms with E-state index in [-0.39, 0.29) is 19.5 Å². The molecule has 3 amide bonds. The number of amides is 3. The van der Waals surface area contributed by atoms with Crippen LogP contribution in [0.1, 0.15) is 54.6 Å². The summed E-state index contributed by atoms with van der Waals surface area (Å²) in [5, 5.41) is 15.5. The SMILES string of the molecule is Cc1cccc(C)c1C(C(=O)NCc1ccccc1)N(CC#N)C(=O)C(Cc1ccccc1)NC(=O)OC(C)(C)C. The van der Waals surface area contributed by atoms with E-state index in [2.05, 4.69) is 16.7 Å². The predicted octanol–water partition coefficient (Wildman–Crippen LogP) is 5.15. The highest BCUT2D eigenvalue weighted by Gasteiger charge is 2.37. The Labute approximate surface area is 242 Å². The molecule has 0 aliphatic heterocycles. The smallest absolute Gasteiger partial charge is 0.408 e. The van der Waals surface area contributed by atoms with Gasteiger partial charge in [0, 0.05) is 13.0 Å². The van der Waals surface area contributed by atoms with Gasteiger partial charge in [-0.25, -0.2) is 4.79 Å². The first kappa shape index (κ1) is 30.9. The van der Waals surface area contributed by atoms with E-state index in [1.54, 1.807) is 20.8 Å². The van der Waals surface area contributed by atoms with E-state index in [4.69, 9.17) is 4.74 Å². The summed E-state index contributed by atoms with van der Waals surface area (Å²) in [4.78, 5) is 42.3. The number of hydrogen-bond acceptors (Lipinski definition) is 5. The monoisotopic (exact) mass is 554 g/mol. The summed E-state index contributed by atoms with van der Waals surface area (Å²) in [5.74, 6) is -0.991. The molecule has 8 heteroatoms. The summed E-state index contributed by atoms with van der Waals surface area (Å²) in [7, 11) is 0. The Morgan fingerprint density at radius 1 is 0.878 bits per heavy atom. The van der Waals surface area contributed by atoms with Crippen molar-refractivity contribution in [1.29, 1.82) is 5.26 Å². The van der Waals surface area contributed by atoms with Gasteiger partial charge in [-0.05, 0) is 62.4 Å². The number of rotatable bonds is 10. The standard InChI is InChI=1S/C33H38N4O4/c1-23-13-12-14-24(2)28(23)29(30(38)35-22-26-17-10-7-11-18-26)37(20-19-34)31(39)27(21-25-15-8-6-9-16-25)36-32(40)41-33(3,4)5/h6-18,27,29H,20-22H2,1-5H3,(H,35,38)(H,36,40). The normalized spacial score (nSPS) is 12.4. The lowest BCUT2D eigenvalue weighted by Gasteiger charge is -2.34. The number of aryl methyl sites for hydroxylation is 2. The summed E-state index contributed by atoms with van der Waals surface area (Å²) in [5.41, 5.74) is 3.16. The quantitative estimate of drug-likeness (QED) is 0.337. The highest BCUT2D eigenvalue weighted by atomic mass is 16.6. The van der Waals surface area contributed by atoms with Gasteiger partial charge >= 0.3 is 6.09 Å². The van der Waals surface area contributed by atoms with E-state index in [1.165, 1.54) is 4.90 Å². The molecule has 2 atom stereocenters. The van der Waals surface area contributed by atoms with Gasteiger partial charge in [-0.3, -0.25) is 9.59 Å². The fraction of sp³-hybridized carbons (Fsp3) is 0.333. The number of alkyl carbamates (subject to hydrolysis) is 1. The van der Waals surface area contributed by atoms with E-state index < -0.39 is 35.6 Å². The van der Waals surface area contributed by atoms with Crippen molar-refractivity contribution in [3.05, 3.63) is 107 Å². The van der Waals surface area contributed by atoms with Gasteiger partial charge in [0.05, 0.1) is 6.07 Å². The van der Waals surface area contributed by atoms with Gasteiger partial charge in [-0.1, -0.05) is 78.9 Å². The molecule has 0 saturated carbocycles. The van der Waals surface area contributed by atoms with Crippen LogP contribution in [0.4, 0.5) is 4.79 Å². The number of carbonyl (C=O) groups excluding carboxylic acids is 3. The lowest BCUT2D eigenvalue weighted by molar-refractivity contribution is -0.141. The fourth-order valence-corrected chi connectivity index (χ4v) is 4.64. The van der Waals surface area contributed by atoms with Crippen molar-refractivity contribution in [3.8, 4) is 6.07 Å². The topological polar surface area (TPSA) is 112 Å². The second-order valence-electron chi connectivity index (χ2n) is 10.9. The Morgan fingerprint density at radius 2 is 1.44 bits per heavy atom. The lowest BCUT2D eigenvalue weighted by Crippen LogP contribution is -2.54. The molecule has 0 aliphatic carbocycles. The van der Waals surface area contributed by atoms with Gasteiger partial charge in [0.25, 0.3) is 0 Å². The maximum atomic E-state index is 14.3. The molecule has 0 bridgehead atoms. The summed E-state index contributed by atoms with van der Waals surface area (Å²) in [6.07, 6.45) is -0.618. The molecule has 2 N–H and O–H groups in total. The number of nitrogens with zero attached hydrogens (tertiary/aromatic N) is 2. The summed E-state index contributed by atoms with van der Waals surface area (Å²) >= 11 is 0. The van der Waals surface area contributed by atoms with Crippen molar-refractivity contribution < 1.29 is 19.1 Å². The highest BCUT2D eigenvalue weighted by molar-refractivity contribution is 5.93. The minimum atomic E-state index is -1.11. The van der Waals surface area contributed by atoms with Crippen molar-refractivity contribution in [2.45, 2.75) is 65.3 Å². The van der Waals surface area contributed by atoms with Crippen LogP contribution in [0.2, 0.25) is 0 Å². The fourth-order valence-electron chi connectivity index (χ4n) is 4.64. The summed E-state index contributed by atoms with van der Waals surface area (Å²) < 4.78 is 5.45. The third-order valence-corrected chi connectivity index (χ3v) is 6.48. The van der Waals surface area contributed by atoms with Crippen LogP contribution in [-0.2, 0) is 27.3 Å². The number of ether oxygens (including phenoxy) is 1. The molecule has 0 fully saturated rings. The highest BCUT2D eigenvalue weighted by Crippen LogP contribution is 2.29. The van der Waals surface area contributed by atoms with E-state index in [9.17, 15) is 19.6 Å². The summed E-state index contributed by atoms with van der Waals surface area (Å²) in [6.45, 7) is 8.82. The maximum Gasteiger partial charge on any atom is 0.408 e. The van der Waals surface area contributed by atoms with Crippen molar-refractivity contribution in [3.63, 3.8) is 0 Å². The Hall–Kier alpha value is -4.64. The molecule has 0 aliphatic rings. The summed E-state index contributed by atoms with van der Waals surface area (Å²) in [6, 6.07) is 24.2. The third-order valence-electron chi connectivity index (χ3n) is 6.48. The third kappa shape index (κ3) is 8.94. The van der Waals surface area contributed by atoms with Crippen LogP contribution < -0.4 is 10.6 Å². The molecule has 3 aromatic rings. The first-order chi connectivity index (χ1) is 19.5. The first-order valence-electron chi connectivity index (χ1n) is 13.6. The molecule has 0 heterocycles. The molecule has 0 spiro atoms. The van der Waals surface area contributed by atoms with Gasteiger partial charge in [-0.2, -0.15) is 5.26 Å². The minimum absolute atomic E-state index is 0.145. The largest absolute Gasteiger partial charge is 0.444 e. The van der Waals surface area contributed by atoms with Crippen LogP contribution in [0.3, 0.4) is 0 Å². The van der Waals surface area contributed by atoms with Gasteiger partial charge in [0.15, 0.2) is 0 Å². The van der Waals surface area contributed by atoms with Gasteiger partial charge < -0.3 is 20.3 Å². The second-order valence-corrected chi connectivity index (χ2v) is 10.9. The average Bonchev–Trinajstić information content (AvgIpc) is 2.92. The lowest BCUT2D eigenvalue weighted by atomic mass is 9.93.